The fourth-order valence-corrected chi connectivity index (χ4v) is 3.09. The average Bonchev–Trinajstić information content (AvgIpc) is 3.01. The highest BCUT2D eigenvalue weighted by Crippen LogP contribution is 2.27. The zero-order valence-corrected chi connectivity index (χ0v) is 14.8. The average molecular weight is 370 g/mol. The number of rotatable bonds is 6. The minimum absolute atomic E-state index is 0.752. The summed E-state index contributed by atoms with van der Waals surface area (Å²) in [5, 5.41) is 3.44. The molecule has 0 atom stereocenters. The molecule has 0 fully saturated rings. The Labute approximate surface area is 145 Å². The minimum atomic E-state index is 0.752. The van der Waals surface area contributed by atoms with Crippen molar-refractivity contribution in [2.75, 3.05) is 6.54 Å². The molecule has 0 radical (unpaired) electrons. The van der Waals surface area contributed by atoms with Crippen LogP contribution in [0.25, 0.3) is 11.3 Å². The largest absolute Gasteiger partial charge is 0.460 e. The molecule has 1 heterocycles. The molecule has 0 saturated heterocycles. The Balaban J connectivity index is 1.55. The van der Waals surface area contributed by atoms with Crippen LogP contribution in [-0.4, -0.2) is 6.54 Å². The van der Waals surface area contributed by atoms with Gasteiger partial charge in [0.25, 0.3) is 0 Å². The first-order valence-electron chi connectivity index (χ1n) is 7.82. The van der Waals surface area contributed by atoms with E-state index in [0.717, 1.165) is 41.1 Å². The third kappa shape index (κ3) is 4.34. The molecule has 3 heteroatoms. The molecule has 118 valence electrons. The number of benzene rings is 2. The SMILES string of the molecule is Cc1cc(Br)ccc1-c1ccc(CNCCc2ccccc2)o1. The maximum atomic E-state index is 5.96. The van der Waals surface area contributed by atoms with E-state index in [4.69, 9.17) is 4.42 Å². The van der Waals surface area contributed by atoms with Crippen LogP contribution in [0.5, 0.6) is 0 Å². The topological polar surface area (TPSA) is 25.2 Å². The minimum Gasteiger partial charge on any atom is -0.460 e. The Hall–Kier alpha value is -1.84. The van der Waals surface area contributed by atoms with Crippen LogP contribution in [0.15, 0.2) is 69.6 Å². The van der Waals surface area contributed by atoms with Gasteiger partial charge in [-0.3, -0.25) is 0 Å². The van der Waals surface area contributed by atoms with Gasteiger partial charge in [0.2, 0.25) is 0 Å². The quantitative estimate of drug-likeness (QED) is 0.592. The van der Waals surface area contributed by atoms with Crippen molar-refractivity contribution in [3.05, 3.63) is 82.0 Å². The summed E-state index contributed by atoms with van der Waals surface area (Å²) >= 11 is 3.49. The molecule has 2 nitrogen and oxygen atoms in total. The smallest absolute Gasteiger partial charge is 0.134 e. The highest BCUT2D eigenvalue weighted by atomic mass is 79.9. The van der Waals surface area contributed by atoms with E-state index in [1.54, 1.807) is 0 Å². The maximum absolute atomic E-state index is 5.96. The molecule has 23 heavy (non-hydrogen) atoms. The normalized spacial score (nSPS) is 10.9. The van der Waals surface area contributed by atoms with Crippen LogP contribution < -0.4 is 5.32 Å². The summed E-state index contributed by atoms with van der Waals surface area (Å²) in [7, 11) is 0. The van der Waals surface area contributed by atoms with E-state index in [1.807, 2.05) is 24.3 Å². The molecule has 0 spiro atoms. The van der Waals surface area contributed by atoms with Crippen molar-refractivity contribution in [3.8, 4) is 11.3 Å². The molecule has 0 aliphatic carbocycles. The van der Waals surface area contributed by atoms with Crippen LogP contribution >= 0.6 is 15.9 Å². The van der Waals surface area contributed by atoms with Gasteiger partial charge in [-0.1, -0.05) is 46.3 Å². The van der Waals surface area contributed by atoms with E-state index in [1.165, 1.54) is 11.1 Å². The first-order valence-corrected chi connectivity index (χ1v) is 8.61. The van der Waals surface area contributed by atoms with Gasteiger partial charge >= 0.3 is 0 Å². The number of hydrogen-bond donors (Lipinski definition) is 1. The standard InChI is InChI=1S/C20H20BrNO/c1-15-13-17(21)7-9-19(15)20-10-8-18(23-20)14-22-12-11-16-5-3-2-4-6-16/h2-10,13,22H,11-12,14H2,1H3. The summed E-state index contributed by atoms with van der Waals surface area (Å²) < 4.78 is 7.06. The Morgan fingerprint density at radius 2 is 1.83 bits per heavy atom. The summed E-state index contributed by atoms with van der Waals surface area (Å²) in [6.07, 6.45) is 1.03. The predicted molar refractivity (Wildman–Crippen MR) is 98.4 cm³/mol. The highest BCUT2D eigenvalue weighted by molar-refractivity contribution is 9.10. The van der Waals surface area contributed by atoms with E-state index in [0.29, 0.717) is 0 Å². The van der Waals surface area contributed by atoms with Crippen molar-refractivity contribution < 1.29 is 4.42 Å². The van der Waals surface area contributed by atoms with E-state index in [-0.39, 0.29) is 0 Å². The molecule has 0 aliphatic heterocycles. The van der Waals surface area contributed by atoms with Crippen molar-refractivity contribution in [1.29, 1.82) is 0 Å². The summed E-state index contributed by atoms with van der Waals surface area (Å²) in [5.74, 6) is 1.89. The Morgan fingerprint density at radius 1 is 1.00 bits per heavy atom. The fourth-order valence-electron chi connectivity index (χ4n) is 2.61. The van der Waals surface area contributed by atoms with Crippen molar-refractivity contribution in [1.82, 2.24) is 5.32 Å². The molecule has 0 saturated carbocycles. The van der Waals surface area contributed by atoms with Crippen LogP contribution in [0, 0.1) is 6.92 Å². The van der Waals surface area contributed by atoms with Gasteiger partial charge in [-0.2, -0.15) is 0 Å². The van der Waals surface area contributed by atoms with E-state index in [2.05, 4.69) is 64.6 Å². The van der Waals surface area contributed by atoms with Gasteiger partial charge in [-0.15, -0.1) is 0 Å². The zero-order valence-electron chi connectivity index (χ0n) is 13.2. The van der Waals surface area contributed by atoms with Crippen molar-refractivity contribution >= 4 is 15.9 Å². The third-order valence-electron chi connectivity index (χ3n) is 3.85. The second-order valence-corrected chi connectivity index (χ2v) is 6.55. The van der Waals surface area contributed by atoms with E-state index < -0.39 is 0 Å². The number of nitrogens with one attached hydrogen (secondary N) is 1. The Bertz CT molecular complexity index is 764. The summed E-state index contributed by atoms with van der Waals surface area (Å²) in [4.78, 5) is 0. The lowest BCUT2D eigenvalue weighted by Crippen LogP contribution is -2.16. The van der Waals surface area contributed by atoms with Crippen molar-refractivity contribution in [3.63, 3.8) is 0 Å². The fraction of sp³-hybridized carbons (Fsp3) is 0.200. The lowest BCUT2D eigenvalue weighted by molar-refractivity contribution is 0.494. The van der Waals surface area contributed by atoms with Crippen LogP contribution in [0.4, 0.5) is 0 Å². The summed E-state index contributed by atoms with van der Waals surface area (Å²) in [6.45, 7) is 3.79. The van der Waals surface area contributed by atoms with Gasteiger partial charge in [-0.05, 0) is 61.3 Å². The Kier molecular flexibility index (Phi) is 5.31. The summed E-state index contributed by atoms with van der Waals surface area (Å²) in [5.41, 5.74) is 3.70. The molecule has 3 aromatic rings. The van der Waals surface area contributed by atoms with Crippen LogP contribution in [0.1, 0.15) is 16.9 Å². The van der Waals surface area contributed by atoms with Crippen LogP contribution in [-0.2, 0) is 13.0 Å². The second kappa shape index (κ2) is 7.62. The predicted octanol–water partition coefficient (Wildman–Crippen LogP) is 5.35. The zero-order chi connectivity index (χ0) is 16.1. The van der Waals surface area contributed by atoms with Gasteiger partial charge in [0.1, 0.15) is 11.5 Å². The third-order valence-corrected chi connectivity index (χ3v) is 4.34. The molecule has 1 aromatic heterocycles. The lowest BCUT2D eigenvalue weighted by Gasteiger charge is -2.04. The van der Waals surface area contributed by atoms with E-state index in [9.17, 15) is 0 Å². The van der Waals surface area contributed by atoms with Crippen molar-refractivity contribution in [2.45, 2.75) is 19.9 Å². The van der Waals surface area contributed by atoms with Gasteiger partial charge in [0, 0.05) is 10.0 Å². The molecule has 0 bridgehead atoms. The highest BCUT2D eigenvalue weighted by Gasteiger charge is 2.07. The number of hydrogen-bond acceptors (Lipinski definition) is 2. The molecule has 0 unspecified atom stereocenters. The van der Waals surface area contributed by atoms with Crippen LogP contribution in [0.3, 0.4) is 0 Å². The maximum Gasteiger partial charge on any atom is 0.134 e. The van der Waals surface area contributed by atoms with Crippen LogP contribution in [0.2, 0.25) is 0 Å². The number of halogens is 1. The molecule has 2 aromatic carbocycles. The number of aryl methyl sites for hydroxylation is 1. The van der Waals surface area contributed by atoms with Gasteiger partial charge in [0.15, 0.2) is 0 Å². The summed E-state index contributed by atoms with van der Waals surface area (Å²) in [6, 6.07) is 20.8. The second-order valence-electron chi connectivity index (χ2n) is 5.64. The first kappa shape index (κ1) is 16.0. The molecule has 0 amide bonds. The number of furan rings is 1. The first-order chi connectivity index (χ1) is 11.2. The van der Waals surface area contributed by atoms with Crippen molar-refractivity contribution in [2.24, 2.45) is 0 Å². The van der Waals surface area contributed by atoms with Gasteiger partial charge < -0.3 is 9.73 Å². The van der Waals surface area contributed by atoms with Gasteiger partial charge in [-0.25, -0.2) is 0 Å². The molecular weight excluding hydrogens is 350 g/mol. The van der Waals surface area contributed by atoms with Gasteiger partial charge in [0.05, 0.1) is 6.54 Å². The lowest BCUT2D eigenvalue weighted by atomic mass is 10.1. The molecule has 3 rings (SSSR count). The van der Waals surface area contributed by atoms with E-state index >= 15 is 0 Å². The molecule has 0 aliphatic rings. The monoisotopic (exact) mass is 369 g/mol. The Morgan fingerprint density at radius 3 is 2.61 bits per heavy atom. The molecule has 1 N–H and O–H groups in total. The molecular formula is C20H20BrNO.